The molecule has 0 radical (unpaired) electrons. The predicted octanol–water partition coefficient (Wildman–Crippen LogP) is 4.00. The minimum atomic E-state index is -0.525. The zero-order chi connectivity index (χ0) is 18.5. The van der Waals surface area contributed by atoms with Crippen molar-refractivity contribution in [2.45, 2.75) is 45.3 Å². The van der Waals surface area contributed by atoms with Crippen molar-refractivity contribution in [1.29, 1.82) is 0 Å². The van der Waals surface area contributed by atoms with Crippen LogP contribution in [0.2, 0.25) is 0 Å². The van der Waals surface area contributed by atoms with Crippen molar-refractivity contribution in [1.82, 2.24) is 4.90 Å². The van der Waals surface area contributed by atoms with Gasteiger partial charge in [-0.25, -0.2) is 0 Å². The molecule has 2 aromatic carbocycles. The summed E-state index contributed by atoms with van der Waals surface area (Å²) in [7, 11) is 3.44. The monoisotopic (exact) mass is 353 g/mol. The normalized spacial score (nSPS) is 14.3. The summed E-state index contributed by atoms with van der Waals surface area (Å²) in [5.74, 6) is 1.61. The lowest BCUT2D eigenvalue weighted by molar-refractivity contribution is -0.137. The predicted molar refractivity (Wildman–Crippen MR) is 103 cm³/mol. The fourth-order valence-corrected chi connectivity index (χ4v) is 3.57. The third-order valence-corrected chi connectivity index (χ3v) is 4.98. The summed E-state index contributed by atoms with van der Waals surface area (Å²) in [6, 6.07) is 13.9. The van der Waals surface area contributed by atoms with Crippen LogP contribution >= 0.6 is 0 Å². The molecule has 1 aliphatic rings. The first kappa shape index (κ1) is 18.3. The Morgan fingerprint density at radius 1 is 1.08 bits per heavy atom. The highest BCUT2D eigenvalue weighted by atomic mass is 16.5. The molecule has 0 heterocycles. The zero-order valence-corrected chi connectivity index (χ0v) is 15.8. The number of ether oxygens (including phenoxy) is 2. The van der Waals surface area contributed by atoms with Gasteiger partial charge in [0, 0.05) is 19.2 Å². The molecule has 1 atom stereocenters. The third-order valence-electron chi connectivity index (χ3n) is 4.98. The SMILES string of the molecule is COc1ccccc1CN(C)C(=O)[C@@H](C)Oc1cccc2c1CCCC2. The van der Waals surface area contributed by atoms with Gasteiger partial charge < -0.3 is 14.4 Å². The topological polar surface area (TPSA) is 38.8 Å². The second-order valence-corrected chi connectivity index (χ2v) is 6.87. The summed E-state index contributed by atoms with van der Waals surface area (Å²) in [6.07, 6.45) is 4.02. The second-order valence-electron chi connectivity index (χ2n) is 6.87. The van der Waals surface area contributed by atoms with Crippen molar-refractivity contribution < 1.29 is 14.3 Å². The lowest BCUT2D eigenvalue weighted by atomic mass is 9.91. The van der Waals surface area contributed by atoms with E-state index in [4.69, 9.17) is 9.47 Å². The summed E-state index contributed by atoms with van der Waals surface area (Å²) >= 11 is 0. The molecule has 3 rings (SSSR count). The molecule has 0 fully saturated rings. The number of nitrogens with zero attached hydrogens (tertiary/aromatic N) is 1. The Kier molecular flexibility index (Phi) is 5.82. The lowest BCUT2D eigenvalue weighted by Crippen LogP contribution is -2.37. The van der Waals surface area contributed by atoms with Crippen molar-refractivity contribution in [3.8, 4) is 11.5 Å². The van der Waals surface area contributed by atoms with Crippen molar-refractivity contribution in [3.63, 3.8) is 0 Å². The molecule has 4 heteroatoms. The first-order valence-electron chi connectivity index (χ1n) is 9.24. The molecule has 1 amide bonds. The van der Waals surface area contributed by atoms with Crippen LogP contribution in [0.1, 0.15) is 36.5 Å². The zero-order valence-electron chi connectivity index (χ0n) is 15.8. The molecule has 2 aromatic rings. The van der Waals surface area contributed by atoms with E-state index in [-0.39, 0.29) is 5.91 Å². The maximum absolute atomic E-state index is 12.8. The van der Waals surface area contributed by atoms with Gasteiger partial charge in [-0.1, -0.05) is 30.3 Å². The van der Waals surface area contributed by atoms with Crippen molar-refractivity contribution >= 4 is 5.91 Å². The number of carbonyl (C=O) groups is 1. The highest BCUT2D eigenvalue weighted by Crippen LogP contribution is 2.30. The van der Waals surface area contributed by atoms with Gasteiger partial charge >= 0.3 is 0 Å². The van der Waals surface area contributed by atoms with Crippen LogP contribution in [0.15, 0.2) is 42.5 Å². The van der Waals surface area contributed by atoms with Crippen molar-refractivity contribution in [2.24, 2.45) is 0 Å². The lowest BCUT2D eigenvalue weighted by Gasteiger charge is -2.25. The number of aryl methyl sites for hydroxylation is 1. The molecular weight excluding hydrogens is 326 g/mol. The van der Waals surface area contributed by atoms with Gasteiger partial charge in [0.05, 0.1) is 7.11 Å². The first-order valence-corrected chi connectivity index (χ1v) is 9.24. The minimum absolute atomic E-state index is 0.0377. The van der Waals surface area contributed by atoms with E-state index in [1.54, 1.807) is 19.1 Å². The summed E-state index contributed by atoms with van der Waals surface area (Å²) in [4.78, 5) is 14.5. The molecule has 0 saturated heterocycles. The van der Waals surface area contributed by atoms with E-state index >= 15 is 0 Å². The quantitative estimate of drug-likeness (QED) is 0.788. The van der Waals surface area contributed by atoms with Crippen LogP contribution in [-0.2, 0) is 24.2 Å². The first-order chi connectivity index (χ1) is 12.6. The Bertz CT molecular complexity index is 772. The molecule has 0 aromatic heterocycles. The van der Waals surface area contributed by atoms with Gasteiger partial charge in [0.1, 0.15) is 11.5 Å². The van der Waals surface area contributed by atoms with Gasteiger partial charge in [-0.2, -0.15) is 0 Å². The molecule has 0 saturated carbocycles. The van der Waals surface area contributed by atoms with E-state index in [0.29, 0.717) is 6.54 Å². The summed E-state index contributed by atoms with van der Waals surface area (Å²) in [6.45, 7) is 2.31. The number of hydrogen-bond donors (Lipinski definition) is 0. The van der Waals surface area contributed by atoms with Gasteiger partial charge in [-0.3, -0.25) is 4.79 Å². The van der Waals surface area contributed by atoms with Crippen LogP contribution in [0.3, 0.4) is 0 Å². The molecule has 0 unspecified atom stereocenters. The van der Waals surface area contributed by atoms with Crippen LogP contribution in [0.25, 0.3) is 0 Å². The number of rotatable bonds is 6. The Morgan fingerprint density at radius 3 is 2.62 bits per heavy atom. The molecule has 4 nitrogen and oxygen atoms in total. The number of likely N-dealkylation sites (N-methyl/N-ethyl adjacent to an activating group) is 1. The minimum Gasteiger partial charge on any atom is -0.496 e. The molecule has 0 N–H and O–H groups in total. The number of fused-ring (bicyclic) bond motifs is 1. The van der Waals surface area contributed by atoms with Crippen molar-refractivity contribution in [3.05, 3.63) is 59.2 Å². The van der Waals surface area contributed by atoms with E-state index in [0.717, 1.165) is 29.9 Å². The molecule has 0 aliphatic heterocycles. The number of benzene rings is 2. The Hall–Kier alpha value is -2.49. The molecular formula is C22H27NO3. The van der Waals surface area contributed by atoms with Gasteiger partial charge in [0.2, 0.25) is 0 Å². The summed E-state index contributed by atoms with van der Waals surface area (Å²) < 4.78 is 11.4. The van der Waals surface area contributed by atoms with Crippen LogP contribution in [-0.4, -0.2) is 31.1 Å². The van der Waals surface area contributed by atoms with E-state index in [1.807, 2.05) is 43.3 Å². The van der Waals surface area contributed by atoms with E-state index in [2.05, 4.69) is 6.07 Å². The fraction of sp³-hybridized carbons (Fsp3) is 0.409. The summed E-state index contributed by atoms with van der Waals surface area (Å²) in [5, 5.41) is 0. The van der Waals surface area contributed by atoms with Crippen molar-refractivity contribution in [2.75, 3.05) is 14.2 Å². The Labute approximate surface area is 155 Å². The van der Waals surface area contributed by atoms with Gasteiger partial charge in [-0.05, 0) is 55.9 Å². The van der Waals surface area contributed by atoms with Crippen LogP contribution < -0.4 is 9.47 Å². The molecule has 26 heavy (non-hydrogen) atoms. The number of para-hydroxylation sites is 1. The highest BCUT2D eigenvalue weighted by molar-refractivity contribution is 5.80. The van der Waals surface area contributed by atoms with E-state index in [9.17, 15) is 4.79 Å². The van der Waals surface area contributed by atoms with Gasteiger partial charge in [0.25, 0.3) is 5.91 Å². The molecule has 138 valence electrons. The van der Waals surface area contributed by atoms with E-state index < -0.39 is 6.10 Å². The number of hydrogen-bond acceptors (Lipinski definition) is 3. The van der Waals surface area contributed by atoms with Crippen LogP contribution in [0, 0.1) is 0 Å². The van der Waals surface area contributed by atoms with Gasteiger partial charge in [-0.15, -0.1) is 0 Å². The van der Waals surface area contributed by atoms with Crippen LogP contribution in [0.5, 0.6) is 11.5 Å². The van der Waals surface area contributed by atoms with Gasteiger partial charge in [0.15, 0.2) is 6.10 Å². The summed E-state index contributed by atoms with van der Waals surface area (Å²) in [5.41, 5.74) is 3.61. The third kappa shape index (κ3) is 4.01. The van der Waals surface area contributed by atoms with Crippen LogP contribution in [0.4, 0.5) is 0 Å². The molecule has 0 bridgehead atoms. The molecule has 1 aliphatic carbocycles. The smallest absolute Gasteiger partial charge is 0.263 e. The Morgan fingerprint density at radius 2 is 1.81 bits per heavy atom. The fourth-order valence-electron chi connectivity index (χ4n) is 3.57. The second kappa shape index (κ2) is 8.26. The average Bonchev–Trinajstić information content (AvgIpc) is 2.68. The largest absolute Gasteiger partial charge is 0.496 e. The number of methoxy groups -OCH3 is 1. The average molecular weight is 353 g/mol. The number of amides is 1. The maximum Gasteiger partial charge on any atom is 0.263 e. The standard InChI is InChI=1S/C22H27NO3/c1-16(26-21-14-8-11-17-9-4-6-12-19(17)21)22(24)23(2)15-18-10-5-7-13-20(18)25-3/h5,7-8,10-11,13-14,16H,4,6,9,12,15H2,1-3H3/t16-/m1/s1. The molecule has 0 spiro atoms. The number of carbonyl (C=O) groups excluding carboxylic acids is 1. The van der Waals surface area contributed by atoms with E-state index in [1.165, 1.54) is 24.0 Å². The maximum atomic E-state index is 12.8. The highest BCUT2D eigenvalue weighted by Gasteiger charge is 2.22. The Balaban J connectivity index is 1.68.